The van der Waals surface area contributed by atoms with Crippen LogP contribution in [0.15, 0.2) is 35.9 Å². The van der Waals surface area contributed by atoms with Crippen molar-refractivity contribution in [3.63, 3.8) is 0 Å². The number of hydrogen-bond acceptors (Lipinski definition) is 1. The van der Waals surface area contributed by atoms with Gasteiger partial charge in [0.1, 0.15) is 5.75 Å². The molecule has 92 valence electrons. The predicted molar refractivity (Wildman–Crippen MR) is 72.1 cm³/mol. The minimum Gasteiger partial charge on any atom is -0.508 e. The third kappa shape index (κ3) is 3.36. The highest BCUT2D eigenvalue weighted by molar-refractivity contribution is 5.26. The van der Waals surface area contributed by atoms with Crippen LogP contribution in [-0.4, -0.2) is 5.11 Å². The first-order valence-corrected chi connectivity index (χ1v) is 6.58. The van der Waals surface area contributed by atoms with Crippen LogP contribution < -0.4 is 0 Å². The smallest absolute Gasteiger partial charge is 0.115 e. The molecule has 0 unspecified atom stereocenters. The van der Waals surface area contributed by atoms with Crippen LogP contribution >= 0.6 is 0 Å². The number of benzene rings is 1. The molecule has 1 N–H and O–H groups in total. The van der Waals surface area contributed by atoms with Gasteiger partial charge in [0.15, 0.2) is 0 Å². The topological polar surface area (TPSA) is 20.2 Å². The summed E-state index contributed by atoms with van der Waals surface area (Å²) in [6.07, 6.45) is 7.37. The summed E-state index contributed by atoms with van der Waals surface area (Å²) in [5.41, 5.74) is 2.89. The zero-order chi connectivity index (χ0) is 12.3. The molecule has 1 aromatic rings. The fourth-order valence-corrected chi connectivity index (χ4v) is 2.67. The van der Waals surface area contributed by atoms with Gasteiger partial charge in [-0.15, -0.1) is 0 Å². The highest BCUT2D eigenvalue weighted by Crippen LogP contribution is 2.31. The maximum atomic E-state index is 9.26. The summed E-state index contributed by atoms with van der Waals surface area (Å²) in [6.45, 7) is 4.59. The third-order valence-corrected chi connectivity index (χ3v) is 3.98. The quantitative estimate of drug-likeness (QED) is 0.767. The largest absolute Gasteiger partial charge is 0.508 e. The molecule has 0 saturated heterocycles. The number of rotatable bonds is 3. The first kappa shape index (κ1) is 12.2. The Morgan fingerprint density at radius 3 is 2.59 bits per heavy atom. The van der Waals surface area contributed by atoms with Gasteiger partial charge in [0.2, 0.25) is 0 Å². The first-order valence-electron chi connectivity index (χ1n) is 6.58. The Bertz CT molecular complexity index is 388. The van der Waals surface area contributed by atoms with Gasteiger partial charge in [0.05, 0.1) is 0 Å². The van der Waals surface area contributed by atoms with E-state index in [1.165, 1.54) is 24.8 Å². The molecule has 0 bridgehead atoms. The Morgan fingerprint density at radius 1 is 1.29 bits per heavy atom. The molecule has 1 aromatic carbocycles. The Labute approximate surface area is 104 Å². The van der Waals surface area contributed by atoms with Crippen LogP contribution in [-0.2, 0) is 6.42 Å². The molecule has 1 aliphatic carbocycles. The Kier molecular flexibility index (Phi) is 3.88. The van der Waals surface area contributed by atoms with Gasteiger partial charge < -0.3 is 5.11 Å². The third-order valence-electron chi connectivity index (χ3n) is 3.98. The van der Waals surface area contributed by atoms with E-state index in [4.69, 9.17) is 0 Å². The molecule has 2 atom stereocenters. The summed E-state index contributed by atoms with van der Waals surface area (Å²) in [6, 6.07) is 7.64. The van der Waals surface area contributed by atoms with Gasteiger partial charge in [-0.2, -0.15) is 0 Å². The van der Waals surface area contributed by atoms with Gasteiger partial charge in [0.25, 0.3) is 0 Å². The summed E-state index contributed by atoms with van der Waals surface area (Å²) in [4.78, 5) is 0. The van der Waals surface area contributed by atoms with Gasteiger partial charge in [0, 0.05) is 0 Å². The van der Waals surface area contributed by atoms with Crippen LogP contribution in [0, 0.1) is 11.8 Å². The van der Waals surface area contributed by atoms with Crippen molar-refractivity contribution in [2.75, 3.05) is 0 Å². The number of allylic oxidation sites excluding steroid dienone is 2. The molecule has 0 heterocycles. The summed E-state index contributed by atoms with van der Waals surface area (Å²) >= 11 is 0. The second-order valence-electron chi connectivity index (χ2n) is 5.43. The molecule has 2 rings (SSSR count). The van der Waals surface area contributed by atoms with Gasteiger partial charge in [-0.05, 0) is 62.1 Å². The minimum atomic E-state index is 0.359. The summed E-state index contributed by atoms with van der Waals surface area (Å²) < 4.78 is 0. The number of phenols is 1. The van der Waals surface area contributed by atoms with Crippen molar-refractivity contribution in [3.8, 4) is 5.75 Å². The number of phenolic OH excluding ortho intramolecular Hbond substituents is 1. The Balaban J connectivity index is 1.93. The molecular weight excluding hydrogens is 208 g/mol. The van der Waals surface area contributed by atoms with Crippen LogP contribution in [0.1, 0.15) is 38.7 Å². The molecule has 0 fully saturated rings. The van der Waals surface area contributed by atoms with Crippen molar-refractivity contribution in [1.29, 1.82) is 0 Å². The zero-order valence-corrected chi connectivity index (χ0v) is 10.8. The normalized spacial score (nSPS) is 22.0. The molecule has 0 aromatic heterocycles. The van der Waals surface area contributed by atoms with Gasteiger partial charge in [-0.3, -0.25) is 0 Å². The number of hydrogen-bond donors (Lipinski definition) is 1. The predicted octanol–water partition coefficient (Wildman–Crippen LogP) is 4.32. The van der Waals surface area contributed by atoms with Crippen LogP contribution in [0.2, 0.25) is 0 Å². The van der Waals surface area contributed by atoms with Crippen molar-refractivity contribution in [1.82, 2.24) is 0 Å². The second-order valence-corrected chi connectivity index (χ2v) is 5.43. The van der Waals surface area contributed by atoms with Crippen LogP contribution in [0.5, 0.6) is 5.75 Å². The zero-order valence-electron chi connectivity index (χ0n) is 10.8. The Hall–Kier alpha value is -1.24. The molecule has 0 saturated carbocycles. The lowest BCUT2D eigenvalue weighted by atomic mass is 9.79. The van der Waals surface area contributed by atoms with E-state index < -0.39 is 0 Å². The molecule has 0 amide bonds. The molecule has 17 heavy (non-hydrogen) atoms. The van der Waals surface area contributed by atoms with Crippen LogP contribution in [0.4, 0.5) is 0 Å². The summed E-state index contributed by atoms with van der Waals surface area (Å²) in [7, 11) is 0. The number of aromatic hydroxyl groups is 1. The summed E-state index contributed by atoms with van der Waals surface area (Å²) in [5, 5.41) is 9.26. The first-order chi connectivity index (χ1) is 8.15. The highest BCUT2D eigenvalue weighted by Gasteiger charge is 2.19. The van der Waals surface area contributed by atoms with E-state index in [-0.39, 0.29) is 0 Å². The minimum absolute atomic E-state index is 0.359. The fraction of sp³-hybridized carbons (Fsp3) is 0.500. The SMILES string of the molecule is CC1=CC[C@@H]([C@@H](C)Cc2ccc(O)cc2)CC1. The molecular formula is C16H22O. The monoisotopic (exact) mass is 230 g/mol. The standard InChI is InChI=1S/C16H22O/c1-12-3-7-15(8-4-12)13(2)11-14-5-9-16(17)10-6-14/h3,5-6,9-10,13,15,17H,4,7-8,11H2,1-2H3/t13-,15+/m0/s1. The van der Waals surface area contributed by atoms with E-state index in [1.807, 2.05) is 12.1 Å². The van der Waals surface area contributed by atoms with E-state index >= 15 is 0 Å². The molecule has 1 nitrogen and oxygen atoms in total. The molecule has 0 radical (unpaired) electrons. The van der Waals surface area contributed by atoms with E-state index in [2.05, 4.69) is 19.9 Å². The molecule has 1 heteroatoms. The van der Waals surface area contributed by atoms with Crippen molar-refractivity contribution in [2.45, 2.75) is 39.5 Å². The van der Waals surface area contributed by atoms with Gasteiger partial charge in [-0.1, -0.05) is 30.7 Å². The van der Waals surface area contributed by atoms with Crippen molar-refractivity contribution < 1.29 is 5.11 Å². The second kappa shape index (κ2) is 5.39. The molecule has 0 aliphatic heterocycles. The molecule has 1 aliphatic rings. The molecule has 0 spiro atoms. The Morgan fingerprint density at radius 2 is 2.00 bits per heavy atom. The van der Waals surface area contributed by atoms with E-state index in [9.17, 15) is 5.11 Å². The van der Waals surface area contributed by atoms with Crippen molar-refractivity contribution in [2.24, 2.45) is 11.8 Å². The lowest BCUT2D eigenvalue weighted by Gasteiger charge is -2.26. The van der Waals surface area contributed by atoms with Crippen molar-refractivity contribution >= 4 is 0 Å². The van der Waals surface area contributed by atoms with Gasteiger partial charge >= 0.3 is 0 Å². The van der Waals surface area contributed by atoms with Gasteiger partial charge in [-0.25, -0.2) is 0 Å². The maximum absolute atomic E-state index is 9.26. The van der Waals surface area contributed by atoms with Crippen molar-refractivity contribution in [3.05, 3.63) is 41.5 Å². The highest BCUT2D eigenvalue weighted by atomic mass is 16.3. The summed E-state index contributed by atoms with van der Waals surface area (Å²) in [5.74, 6) is 1.91. The average Bonchev–Trinajstić information content (AvgIpc) is 2.33. The fourth-order valence-electron chi connectivity index (χ4n) is 2.67. The average molecular weight is 230 g/mol. The van der Waals surface area contributed by atoms with E-state index in [0.29, 0.717) is 5.75 Å². The van der Waals surface area contributed by atoms with Crippen LogP contribution in [0.25, 0.3) is 0 Å². The van der Waals surface area contributed by atoms with Crippen LogP contribution in [0.3, 0.4) is 0 Å². The lowest BCUT2D eigenvalue weighted by molar-refractivity contribution is 0.325. The lowest BCUT2D eigenvalue weighted by Crippen LogP contribution is -2.16. The maximum Gasteiger partial charge on any atom is 0.115 e. The van der Waals surface area contributed by atoms with E-state index in [1.54, 1.807) is 17.7 Å². The van der Waals surface area contributed by atoms with E-state index in [0.717, 1.165) is 18.3 Å².